The van der Waals surface area contributed by atoms with Gasteiger partial charge < -0.3 is 5.32 Å². The summed E-state index contributed by atoms with van der Waals surface area (Å²) < 4.78 is 27.9. The zero-order chi connectivity index (χ0) is 21.6. The molecule has 0 radical (unpaired) electrons. The quantitative estimate of drug-likeness (QED) is 0.630. The van der Waals surface area contributed by atoms with Gasteiger partial charge in [0.1, 0.15) is 0 Å². The molecular weight excluding hydrogens is 420 g/mol. The molecule has 0 aliphatic carbocycles. The number of aryl methyl sites for hydroxylation is 2. The zero-order valence-electron chi connectivity index (χ0n) is 17.4. The van der Waals surface area contributed by atoms with Crippen LogP contribution in [0.4, 0.5) is 0 Å². The molecule has 0 aromatic heterocycles. The molecule has 1 saturated heterocycles. The van der Waals surface area contributed by atoms with Gasteiger partial charge in [-0.3, -0.25) is 4.79 Å². The Balaban J connectivity index is 1.63. The van der Waals surface area contributed by atoms with Crippen molar-refractivity contribution in [2.24, 2.45) is 0 Å². The zero-order valence-corrected chi connectivity index (χ0v) is 18.9. The van der Waals surface area contributed by atoms with Crippen molar-refractivity contribution in [2.45, 2.75) is 50.3 Å². The first-order chi connectivity index (χ1) is 14.4. The average molecular weight is 449 g/mol. The number of rotatable bonds is 7. The lowest BCUT2D eigenvalue weighted by Gasteiger charge is -2.21. The maximum atomic E-state index is 13.2. The lowest BCUT2D eigenvalue weighted by Crippen LogP contribution is -2.32. The topological polar surface area (TPSA) is 66.5 Å². The molecule has 1 heterocycles. The van der Waals surface area contributed by atoms with Gasteiger partial charge in [-0.25, -0.2) is 8.42 Å². The highest BCUT2D eigenvalue weighted by Gasteiger charge is 2.27. The lowest BCUT2D eigenvalue weighted by atomic mass is 10.1. The number of hydrogen-bond donors (Lipinski definition) is 1. The van der Waals surface area contributed by atoms with Gasteiger partial charge in [-0.05, 0) is 68.0 Å². The van der Waals surface area contributed by atoms with Gasteiger partial charge in [-0.1, -0.05) is 42.6 Å². The summed E-state index contributed by atoms with van der Waals surface area (Å²) in [6.07, 6.45) is 5.50. The van der Waals surface area contributed by atoms with Gasteiger partial charge in [-0.15, -0.1) is 0 Å². The fraction of sp³-hybridized carbons (Fsp3) is 0.435. The number of sulfonamides is 1. The minimum atomic E-state index is -3.59. The molecule has 1 fully saturated rings. The second-order valence-corrected chi connectivity index (χ2v) is 10.1. The Hall–Kier alpha value is -1.89. The van der Waals surface area contributed by atoms with Crippen LogP contribution in [0.15, 0.2) is 47.4 Å². The molecule has 30 heavy (non-hydrogen) atoms. The molecule has 0 saturated carbocycles. The maximum absolute atomic E-state index is 13.2. The van der Waals surface area contributed by atoms with Crippen LogP contribution in [0.2, 0.25) is 5.02 Å². The van der Waals surface area contributed by atoms with Crippen molar-refractivity contribution in [3.63, 3.8) is 0 Å². The van der Waals surface area contributed by atoms with E-state index in [1.807, 2.05) is 24.3 Å². The molecule has 0 unspecified atom stereocenters. The van der Waals surface area contributed by atoms with E-state index in [0.29, 0.717) is 35.8 Å². The van der Waals surface area contributed by atoms with E-state index < -0.39 is 10.0 Å². The molecule has 0 spiro atoms. The number of hydrogen-bond acceptors (Lipinski definition) is 3. The Morgan fingerprint density at radius 3 is 2.37 bits per heavy atom. The highest BCUT2D eigenvalue weighted by atomic mass is 35.5. The molecule has 1 aliphatic rings. The standard InChI is InChI=1S/C23H29ClN2O3S/c1-18-8-11-20(17-22(18)30(28,29)26-15-4-2-3-5-16-26)23(27)25-14-6-7-19-9-12-21(24)13-10-19/h8-13,17H,2-7,14-16H2,1H3,(H,25,27). The SMILES string of the molecule is Cc1ccc(C(=O)NCCCc2ccc(Cl)cc2)cc1S(=O)(=O)N1CCCCCC1. The predicted molar refractivity (Wildman–Crippen MR) is 121 cm³/mol. The molecule has 2 aromatic rings. The van der Waals surface area contributed by atoms with Crippen LogP contribution >= 0.6 is 11.6 Å². The van der Waals surface area contributed by atoms with E-state index in [1.54, 1.807) is 23.4 Å². The van der Waals surface area contributed by atoms with Crippen molar-refractivity contribution in [1.29, 1.82) is 0 Å². The number of nitrogens with one attached hydrogen (secondary N) is 1. The number of carbonyl (C=O) groups is 1. The third-order valence-corrected chi connectivity index (χ3v) is 7.77. The van der Waals surface area contributed by atoms with Crippen LogP contribution in [0.5, 0.6) is 0 Å². The first-order valence-electron chi connectivity index (χ1n) is 10.5. The molecule has 0 atom stereocenters. The third-order valence-electron chi connectivity index (χ3n) is 5.47. The van der Waals surface area contributed by atoms with E-state index in [0.717, 1.165) is 44.1 Å². The molecule has 5 nitrogen and oxygen atoms in total. The molecule has 3 rings (SSSR count). The number of benzene rings is 2. The van der Waals surface area contributed by atoms with E-state index in [1.165, 1.54) is 6.07 Å². The van der Waals surface area contributed by atoms with Crippen molar-refractivity contribution >= 4 is 27.5 Å². The number of amides is 1. The average Bonchev–Trinajstić information content (AvgIpc) is 3.03. The minimum absolute atomic E-state index is 0.234. The summed E-state index contributed by atoms with van der Waals surface area (Å²) in [6.45, 7) is 3.38. The Labute approximate surface area is 184 Å². The van der Waals surface area contributed by atoms with Gasteiger partial charge in [0.25, 0.3) is 5.91 Å². The van der Waals surface area contributed by atoms with Crippen LogP contribution < -0.4 is 5.32 Å². The van der Waals surface area contributed by atoms with Gasteiger partial charge >= 0.3 is 0 Å². The van der Waals surface area contributed by atoms with Crippen LogP contribution in [0.25, 0.3) is 0 Å². The molecule has 162 valence electrons. The molecule has 0 bridgehead atoms. The fourth-order valence-corrected chi connectivity index (χ4v) is 5.58. The van der Waals surface area contributed by atoms with Crippen LogP contribution in [0.1, 0.15) is 53.6 Å². The van der Waals surface area contributed by atoms with Crippen LogP contribution in [0, 0.1) is 6.92 Å². The molecule has 1 amide bonds. The van der Waals surface area contributed by atoms with Crippen LogP contribution in [-0.2, 0) is 16.4 Å². The number of halogens is 1. The Kier molecular flexibility index (Phi) is 7.92. The van der Waals surface area contributed by atoms with E-state index in [9.17, 15) is 13.2 Å². The monoisotopic (exact) mass is 448 g/mol. The van der Waals surface area contributed by atoms with E-state index >= 15 is 0 Å². The summed E-state index contributed by atoms with van der Waals surface area (Å²) in [5.41, 5.74) is 2.20. The van der Waals surface area contributed by atoms with Crippen LogP contribution in [0.3, 0.4) is 0 Å². The molecular formula is C23H29ClN2O3S. The number of nitrogens with zero attached hydrogens (tertiary/aromatic N) is 1. The van der Waals surface area contributed by atoms with Gasteiger partial charge in [0.2, 0.25) is 10.0 Å². The highest BCUT2D eigenvalue weighted by Crippen LogP contribution is 2.24. The van der Waals surface area contributed by atoms with Crippen molar-refractivity contribution < 1.29 is 13.2 Å². The van der Waals surface area contributed by atoms with Crippen molar-refractivity contribution in [2.75, 3.05) is 19.6 Å². The van der Waals surface area contributed by atoms with Crippen LogP contribution in [-0.4, -0.2) is 38.3 Å². The normalized spacial score (nSPS) is 15.5. The fourth-order valence-electron chi connectivity index (χ4n) is 3.69. The predicted octanol–water partition coefficient (Wildman–Crippen LogP) is 4.58. The van der Waals surface area contributed by atoms with Crippen molar-refractivity contribution in [3.8, 4) is 0 Å². The molecule has 1 aliphatic heterocycles. The number of carbonyl (C=O) groups excluding carboxylic acids is 1. The minimum Gasteiger partial charge on any atom is -0.352 e. The van der Waals surface area contributed by atoms with Gasteiger partial charge in [0.05, 0.1) is 4.90 Å². The highest BCUT2D eigenvalue weighted by molar-refractivity contribution is 7.89. The van der Waals surface area contributed by atoms with E-state index in [4.69, 9.17) is 11.6 Å². The maximum Gasteiger partial charge on any atom is 0.251 e. The first kappa shape index (κ1) is 22.8. The first-order valence-corrected chi connectivity index (χ1v) is 12.3. The van der Waals surface area contributed by atoms with Crippen molar-refractivity contribution in [3.05, 3.63) is 64.2 Å². The van der Waals surface area contributed by atoms with E-state index in [-0.39, 0.29) is 10.8 Å². The lowest BCUT2D eigenvalue weighted by molar-refractivity contribution is 0.0953. The Morgan fingerprint density at radius 2 is 1.70 bits per heavy atom. The van der Waals surface area contributed by atoms with Gasteiger partial charge in [0.15, 0.2) is 0 Å². The Bertz CT molecular complexity index is 966. The summed E-state index contributed by atoms with van der Waals surface area (Å²) in [5.74, 6) is -0.251. The second-order valence-electron chi connectivity index (χ2n) is 7.78. The van der Waals surface area contributed by atoms with Gasteiger partial charge in [0, 0.05) is 30.2 Å². The smallest absolute Gasteiger partial charge is 0.251 e. The van der Waals surface area contributed by atoms with Gasteiger partial charge in [-0.2, -0.15) is 4.31 Å². The summed E-state index contributed by atoms with van der Waals surface area (Å²) in [5, 5.41) is 3.60. The third kappa shape index (κ3) is 5.84. The largest absolute Gasteiger partial charge is 0.352 e. The summed E-state index contributed by atoms with van der Waals surface area (Å²) in [6, 6.07) is 12.6. The van der Waals surface area contributed by atoms with E-state index in [2.05, 4.69) is 5.32 Å². The summed E-state index contributed by atoms with van der Waals surface area (Å²) in [4.78, 5) is 12.8. The summed E-state index contributed by atoms with van der Waals surface area (Å²) >= 11 is 5.89. The molecule has 2 aromatic carbocycles. The molecule has 7 heteroatoms. The van der Waals surface area contributed by atoms with Crippen molar-refractivity contribution in [1.82, 2.24) is 9.62 Å². The second kappa shape index (κ2) is 10.4. The molecule has 1 N–H and O–H groups in total. The Morgan fingerprint density at radius 1 is 1.03 bits per heavy atom. The summed E-state index contributed by atoms with van der Waals surface area (Å²) in [7, 11) is -3.59.